The summed E-state index contributed by atoms with van der Waals surface area (Å²) in [7, 11) is 0. The van der Waals surface area contributed by atoms with Crippen LogP contribution in [0, 0.1) is 0 Å². The van der Waals surface area contributed by atoms with Crippen molar-refractivity contribution in [2.45, 2.75) is 25.4 Å². The maximum absolute atomic E-state index is 9.41. The van der Waals surface area contributed by atoms with Crippen molar-refractivity contribution in [2.24, 2.45) is 0 Å². The molecule has 0 bridgehead atoms. The van der Waals surface area contributed by atoms with Crippen LogP contribution in [0.1, 0.15) is 18.4 Å². The Labute approximate surface area is 123 Å². The van der Waals surface area contributed by atoms with Gasteiger partial charge in [-0.3, -0.25) is 4.98 Å². The molecule has 1 fully saturated rings. The first-order chi connectivity index (χ1) is 10.4. The lowest BCUT2D eigenvalue weighted by molar-refractivity contribution is 0.266. The van der Waals surface area contributed by atoms with Gasteiger partial charge in [-0.15, -0.1) is 0 Å². The SMILES string of the molecule is OC[C@@H]1CCCN1c1cc(NCc2cccnc2)ncn1. The van der Waals surface area contributed by atoms with Gasteiger partial charge in [0.2, 0.25) is 0 Å². The molecule has 6 nitrogen and oxygen atoms in total. The van der Waals surface area contributed by atoms with Gasteiger partial charge >= 0.3 is 0 Å². The van der Waals surface area contributed by atoms with Crippen molar-refractivity contribution in [3.63, 3.8) is 0 Å². The van der Waals surface area contributed by atoms with Gasteiger partial charge < -0.3 is 15.3 Å². The third-order valence-electron chi connectivity index (χ3n) is 3.73. The van der Waals surface area contributed by atoms with Gasteiger partial charge in [-0.25, -0.2) is 9.97 Å². The number of anilines is 2. The van der Waals surface area contributed by atoms with Gasteiger partial charge in [0, 0.05) is 31.5 Å². The molecule has 1 aliphatic rings. The third-order valence-corrected chi connectivity index (χ3v) is 3.73. The normalized spacial score (nSPS) is 18.0. The molecule has 21 heavy (non-hydrogen) atoms. The Hall–Kier alpha value is -2.21. The molecular weight excluding hydrogens is 266 g/mol. The lowest BCUT2D eigenvalue weighted by Gasteiger charge is -2.24. The molecule has 1 aliphatic heterocycles. The molecule has 0 spiro atoms. The van der Waals surface area contributed by atoms with E-state index in [0.29, 0.717) is 6.54 Å². The zero-order valence-electron chi connectivity index (χ0n) is 11.8. The van der Waals surface area contributed by atoms with Gasteiger partial charge in [-0.05, 0) is 24.5 Å². The van der Waals surface area contributed by atoms with Crippen LogP contribution in [0.2, 0.25) is 0 Å². The van der Waals surface area contributed by atoms with Gasteiger partial charge in [-0.1, -0.05) is 6.07 Å². The Morgan fingerprint density at radius 3 is 3.14 bits per heavy atom. The van der Waals surface area contributed by atoms with Gasteiger partial charge in [0.05, 0.1) is 12.6 Å². The smallest absolute Gasteiger partial charge is 0.134 e. The van der Waals surface area contributed by atoms with Gasteiger partial charge in [-0.2, -0.15) is 0 Å². The number of aliphatic hydroxyl groups is 1. The van der Waals surface area contributed by atoms with Crippen LogP contribution in [0.5, 0.6) is 0 Å². The number of pyridine rings is 1. The van der Waals surface area contributed by atoms with Gasteiger partial charge in [0.25, 0.3) is 0 Å². The fraction of sp³-hybridized carbons (Fsp3) is 0.400. The van der Waals surface area contributed by atoms with Crippen LogP contribution < -0.4 is 10.2 Å². The predicted octanol–water partition coefficient (Wildman–Crippen LogP) is 1.44. The minimum absolute atomic E-state index is 0.169. The average Bonchev–Trinajstić information content (AvgIpc) is 3.03. The van der Waals surface area contributed by atoms with Gasteiger partial charge in [0.15, 0.2) is 0 Å². The molecule has 1 saturated heterocycles. The largest absolute Gasteiger partial charge is 0.394 e. The van der Waals surface area contributed by atoms with E-state index in [2.05, 4.69) is 25.2 Å². The first-order valence-electron chi connectivity index (χ1n) is 7.19. The summed E-state index contributed by atoms with van der Waals surface area (Å²) in [5, 5.41) is 12.7. The lowest BCUT2D eigenvalue weighted by Crippen LogP contribution is -2.32. The zero-order chi connectivity index (χ0) is 14.5. The molecule has 110 valence electrons. The van der Waals surface area contributed by atoms with Crippen molar-refractivity contribution >= 4 is 11.6 Å². The maximum Gasteiger partial charge on any atom is 0.134 e. The highest BCUT2D eigenvalue weighted by Gasteiger charge is 2.25. The van der Waals surface area contributed by atoms with E-state index in [1.54, 1.807) is 12.5 Å². The Morgan fingerprint density at radius 1 is 1.38 bits per heavy atom. The quantitative estimate of drug-likeness (QED) is 0.866. The fourth-order valence-electron chi connectivity index (χ4n) is 2.62. The second-order valence-corrected chi connectivity index (χ2v) is 5.15. The molecule has 6 heteroatoms. The van der Waals surface area contributed by atoms with Crippen LogP contribution in [-0.4, -0.2) is 39.3 Å². The second-order valence-electron chi connectivity index (χ2n) is 5.15. The summed E-state index contributed by atoms with van der Waals surface area (Å²) in [6, 6.07) is 6.04. The van der Waals surface area contributed by atoms with Crippen molar-refractivity contribution in [1.29, 1.82) is 0 Å². The highest BCUT2D eigenvalue weighted by atomic mass is 16.3. The molecule has 0 aromatic carbocycles. The molecule has 3 heterocycles. The topological polar surface area (TPSA) is 74.2 Å². The molecule has 1 atom stereocenters. The maximum atomic E-state index is 9.41. The molecular formula is C15H19N5O. The highest BCUT2D eigenvalue weighted by molar-refractivity contribution is 5.50. The highest BCUT2D eigenvalue weighted by Crippen LogP contribution is 2.24. The first kappa shape index (κ1) is 13.8. The summed E-state index contributed by atoms with van der Waals surface area (Å²) in [4.78, 5) is 14.8. The summed E-state index contributed by atoms with van der Waals surface area (Å²) in [6.45, 7) is 1.78. The molecule has 3 rings (SSSR count). The predicted molar refractivity (Wildman–Crippen MR) is 81.0 cm³/mol. The van der Waals surface area contributed by atoms with Crippen LogP contribution in [0.4, 0.5) is 11.6 Å². The Kier molecular flexibility index (Phi) is 4.25. The fourth-order valence-corrected chi connectivity index (χ4v) is 2.62. The number of aliphatic hydroxyl groups excluding tert-OH is 1. The van der Waals surface area contributed by atoms with E-state index >= 15 is 0 Å². The summed E-state index contributed by atoms with van der Waals surface area (Å²) in [5.74, 6) is 1.66. The Bertz CT molecular complexity index is 577. The molecule has 0 radical (unpaired) electrons. The molecule has 2 aromatic rings. The van der Waals surface area contributed by atoms with Crippen LogP contribution in [0.25, 0.3) is 0 Å². The summed E-state index contributed by atoms with van der Waals surface area (Å²) < 4.78 is 0. The van der Waals surface area contributed by atoms with E-state index in [-0.39, 0.29) is 12.6 Å². The Balaban J connectivity index is 1.68. The van der Waals surface area contributed by atoms with Crippen LogP contribution >= 0.6 is 0 Å². The average molecular weight is 285 g/mol. The van der Waals surface area contributed by atoms with Crippen LogP contribution in [0.15, 0.2) is 36.9 Å². The van der Waals surface area contributed by atoms with Gasteiger partial charge in [0.1, 0.15) is 18.0 Å². The number of hydrogen-bond acceptors (Lipinski definition) is 6. The second kappa shape index (κ2) is 6.49. The molecule has 0 unspecified atom stereocenters. The summed E-state index contributed by atoms with van der Waals surface area (Å²) >= 11 is 0. The van der Waals surface area contributed by atoms with Crippen molar-refractivity contribution in [3.05, 3.63) is 42.5 Å². The van der Waals surface area contributed by atoms with Crippen molar-refractivity contribution in [1.82, 2.24) is 15.0 Å². The van der Waals surface area contributed by atoms with E-state index in [0.717, 1.165) is 36.6 Å². The van der Waals surface area contributed by atoms with E-state index in [4.69, 9.17) is 0 Å². The molecule has 2 N–H and O–H groups in total. The number of nitrogens with zero attached hydrogens (tertiary/aromatic N) is 4. The number of nitrogens with one attached hydrogen (secondary N) is 1. The minimum Gasteiger partial charge on any atom is -0.394 e. The molecule has 2 aromatic heterocycles. The number of hydrogen-bond donors (Lipinski definition) is 2. The van der Waals surface area contributed by atoms with Crippen molar-refractivity contribution in [2.75, 3.05) is 23.4 Å². The monoisotopic (exact) mass is 285 g/mol. The molecule has 0 aliphatic carbocycles. The molecule has 0 saturated carbocycles. The van der Waals surface area contributed by atoms with Crippen LogP contribution in [-0.2, 0) is 6.54 Å². The standard InChI is InChI=1S/C15H19N5O/c21-10-13-4-2-6-20(13)15-7-14(18-11-19-15)17-9-12-3-1-5-16-8-12/h1,3,5,7-8,11,13,21H,2,4,6,9-10H2,(H,17,18,19)/t13-/m0/s1. The van der Waals surface area contributed by atoms with E-state index < -0.39 is 0 Å². The minimum atomic E-state index is 0.169. The number of rotatable bonds is 5. The van der Waals surface area contributed by atoms with E-state index in [9.17, 15) is 5.11 Å². The van der Waals surface area contributed by atoms with Crippen molar-refractivity contribution < 1.29 is 5.11 Å². The van der Waals surface area contributed by atoms with E-state index in [1.165, 1.54) is 0 Å². The molecule has 0 amide bonds. The van der Waals surface area contributed by atoms with Crippen LogP contribution in [0.3, 0.4) is 0 Å². The van der Waals surface area contributed by atoms with Crippen molar-refractivity contribution in [3.8, 4) is 0 Å². The lowest BCUT2D eigenvalue weighted by atomic mass is 10.2. The third kappa shape index (κ3) is 3.28. The number of aromatic nitrogens is 3. The summed E-state index contributed by atoms with van der Waals surface area (Å²) in [6.07, 6.45) is 7.26. The van der Waals surface area contributed by atoms with E-state index in [1.807, 2.05) is 24.4 Å². The zero-order valence-corrected chi connectivity index (χ0v) is 11.8. The Morgan fingerprint density at radius 2 is 2.33 bits per heavy atom. The summed E-state index contributed by atoms with van der Waals surface area (Å²) in [5.41, 5.74) is 1.10. The first-order valence-corrected chi connectivity index (χ1v) is 7.19.